The molecule has 3 N–H and O–H groups in total. The van der Waals surface area contributed by atoms with Gasteiger partial charge in [0.05, 0.1) is 10.9 Å². The molecule has 0 aromatic heterocycles. The average Bonchev–Trinajstić information content (AvgIpc) is 2.30. The Kier molecular flexibility index (Phi) is 4.36. The second kappa shape index (κ2) is 5.37. The molecule has 0 aliphatic heterocycles. The molecule has 1 atom stereocenters. The second-order valence-electron chi connectivity index (χ2n) is 3.79. The van der Waals surface area contributed by atoms with Crippen molar-refractivity contribution in [3.8, 4) is 5.75 Å². The Hall–Kier alpha value is -1.27. The van der Waals surface area contributed by atoms with Crippen molar-refractivity contribution in [1.29, 1.82) is 0 Å². The summed E-state index contributed by atoms with van der Waals surface area (Å²) < 4.78 is 25.5. The van der Waals surface area contributed by atoms with E-state index >= 15 is 0 Å². The van der Waals surface area contributed by atoms with Crippen LogP contribution in [0.1, 0.15) is 13.3 Å². The van der Waals surface area contributed by atoms with Crippen LogP contribution in [0.2, 0.25) is 0 Å². The summed E-state index contributed by atoms with van der Waals surface area (Å²) >= 11 is 0. The predicted octanol–water partition coefficient (Wildman–Crippen LogP) is 0.895. The van der Waals surface area contributed by atoms with Gasteiger partial charge in [-0.05, 0) is 30.7 Å². The van der Waals surface area contributed by atoms with Crippen LogP contribution in [-0.4, -0.2) is 32.4 Å². The minimum Gasteiger partial charge on any atom is -0.508 e. The summed E-state index contributed by atoms with van der Waals surface area (Å²) in [6.45, 7) is 1.89. The summed E-state index contributed by atoms with van der Waals surface area (Å²) in [5.74, 6) is 0.102. The topological polar surface area (TPSA) is 83.6 Å². The minimum atomic E-state index is -3.44. The number of hydrogen-bond acceptors (Lipinski definition) is 4. The SMILES string of the molecule is CCC(CN)S(=O)(=O)N(C)c1ccc(O)cc1. The molecule has 1 aromatic rings. The third-order valence-electron chi connectivity index (χ3n) is 2.73. The van der Waals surface area contributed by atoms with Crippen molar-refractivity contribution in [1.82, 2.24) is 0 Å². The van der Waals surface area contributed by atoms with E-state index in [0.717, 1.165) is 0 Å². The molecule has 0 bridgehead atoms. The lowest BCUT2D eigenvalue weighted by molar-refractivity contribution is 0.475. The average molecular weight is 258 g/mol. The molecular weight excluding hydrogens is 240 g/mol. The molecule has 5 nitrogen and oxygen atoms in total. The fourth-order valence-electron chi connectivity index (χ4n) is 1.53. The maximum Gasteiger partial charge on any atom is 0.239 e. The Morgan fingerprint density at radius 2 is 1.88 bits per heavy atom. The van der Waals surface area contributed by atoms with Gasteiger partial charge in [-0.15, -0.1) is 0 Å². The number of nitrogens with zero attached hydrogens (tertiary/aromatic N) is 1. The molecule has 0 saturated carbocycles. The van der Waals surface area contributed by atoms with E-state index in [-0.39, 0.29) is 12.3 Å². The Bertz CT molecular complexity index is 452. The minimum absolute atomic E-state index is 0.0985. The van der Waals surface area contributed by atoms with Gasteiger partial charge in [-0.3, -0.25) is 4.31 Å². The molecule has 0 saturated heterocycles. The zero-order valence-electron chi connectivity index (χ0n) is 10.00. The standard InChI is InChI=1S/C11H18N2O3S/c1-3-11(8-12)17(15,16)13(2)9-4-6-10(14)7-5-9/h4-7,11,14H,3,8,12H2,1-2H3. The van der Waals surface area contributed by atoms with Crippen molar-refractivity contribution >= 4 is 15.7 Å². The van der Waals surface area contributed by atoms with Gasteiger partial charge in [0.15, 0.2) is 0 Å². The van der Waals surface area contributed by atoms with Crippen molar-refractivity contribution < 1.29 is 13.5 Å². The van der Waals surface area contributed by atoms with Gasteiger partial charge in [-0.1, -0.05) is 6.92 Å². The van der Waals surface area contributed by atoms with Crippen molar-refractivity contribution in [2.45, 2.75) is 18.6 Å². The Labute approximate surface area is 102 Å². The van der Waals surface area contributed by atoms with Crippen LogP contribution in [0, 0.1) is 0 Å². The monoisotopic (exact) mass is 258 g/mol. The Morgan fingerprint density at radius 3 is 2.29 bits per heavy atom. The molecule has 0 aliphatic rings. The maximum atomic E-state index is 12.2. The van der Waals surface area contributed by atoms with E-state index in [0.29, 0.717) is 12.1 Å². The lowest BCUT2D eigenvalue weighted by Gasteiger charge is -2.24. The van der Waals surface area contributed by atoms with Crippen molar-refractivity contribution in [2.24, 2.45) is 5.73 Å². The molecule has 0 aliphatic carbocycles. The van der Waals surface area contributed by atoms with Crippen LogP contribution < -0.4 is 10.0 Å². The number of sulfonamides is 1. The zero-order chi connectivity index (χ0) is 13.1. The first kappa shape index (κ1) is 13.8. The van der Waals surface area contributed by atoms with Gasteiger partial charge in [-0.2, -0.15) is 0 Å². The molecule has 0 spiro atoms. The number of hydrogen-bond donors (Lipinski definition) is 2. The smallest absolute Gasteiger partial charge is 0.239 e. The summed E-state index contributed by atoms with van der Waals surface area (Å²) in [6.07, 6.45) is 0.473. The highest BCUT2D eigenvalue weighted by Crippen LogP contribution is 2.22. The largest absolute Gasteiger partial charge is 0.508 e. The number of aromatic hydroxyl groups is 1. The van der Waals surface area contributed by atoms with Gasteiger partial charge in [0.2, 0.25) is 10.0 Å². The molecule has 1 rings (SSSR count). The molecule has 0 radical (unpaired) electrons. The van der Waals surface area contributed by atoms with E-state index in [4.69, 9.17) is 10.8 Å². The van der Waals surface area contributed by atoms with Gasteiger partial charge in [0.25, 0.3) is 0 Å². The van der Waals surface area contributed by atoms with Crippen LogP contribution in [-0.2, 0) is 10.0 Å². The van der Waals surface area contributed by atoms with Gasteiger partial charge < -0.3 is 10.8 Å². The third kappa shape index (κ3) is 2.89. The van der Waals surface area contributed by atoms with E-state index < -0.39 is 15.3 Å². The zero-order valence-corrected chi connectivity index (χ0v) is 10.8. The molecule has 0 fully saturated rings. The Balaban J connectivity index is 3.03. The van der Waals surface area contributed by atoms with E-state index in [1.807, 2.05) is 0 Å². The molecule has 0 amide bonds. The fraction of sp³-hybridized carbons (Fsp3) is 0.455. The van der Waals surface area contributed by atoms with E-state index in [2.05, 4.69) is 0 Å². The summed E-state index contributed by atoms with van der Waals surface area (Å²) in [7, 11) is -1.95. The number of phenols is 1. The van der Waals surface area contributed by atoms with Crippen molar-refractivity contribution in [3.63, 3.8) is 0 Å². The van der Waals surface area contributed by atoms with Crippen LogP contribution in [0.15, 0.2) is 24.3 Å². The van der Waals surface area contributed by atoms with Gasteiger partial charge >= 0.3 is 0 Å². The molecule has 1 aromatic carbocycles. The van der Waals surface area contributed by atoms with Gasteiger partial charge in [-0.25, -0.2) is 8.42 Å². The molecule has 0 heterocycles. The summed E-state index contributed by atoms with van der Waals surface area (Å²) in [4.78, 5) is 0. The number of phenolic OH excluding ortho intramolecular Hbond substituents is 1. The van der Waals surface area contributed by atoms with Crippen molar-refractivity contribution in [2.75, 3.05) is 17.9 Å². The maximum absolute atomic E-state index is 12.2. The second-order valence-corrected chi connectivity index (χ2v) is 6.04. The first-order chi connectivity index (χ1) is 7.93. The molecule has 1 unspecified atom stereocenters. The summed E-state index contributed by atoms with van der Waals surface area (Å²) in [5, 5.41) is 8.57. The highest BCUT2D eigenvalue weighted by atomic mass is 32.2. The summed E-state index contributed by atoms with van der Waals surface area (Å²) in [5.41, 5.74) is 5.97. The predicted molar refractivity (Wildman–Crippen MR) is 68.6 cm³/mol. The van der Waals surface area contributed by atoms with Gasteiger partial charge in [0.1, 0.15) is 5.75 Å². The number of nitrogens with two attached hydrogens (primary N) is 1. The number of benzene rings is 1. The van der Waals surface area contributed by atoms with Crippen molar-refractivity contribution in [3.05, 3.63) is 24.3 Å². The van der Waals surface area contributed by atoms with Crippen LogP contribution >= 0.6 is 0 Å². The van der Waals surface area contributed by atoms with Crippen LogP contribution in [0.4, 0.5) is 5.69 Å². The Morgan fingerprint density at radius 1 is 1.35 bits per heavy atom. The lowest BCUT2D eigenvalue weighted by atomic mass is 10.3. The van der Waals surface area contributed by atoms with E-state index in [1.54, 1.807) is 19.1 Å². The quantitative estimate of drug-likeness (QED) is 0.821. The van der Waals surface area contributed by atoms with Crippen LogP contribution in [0.5, 0.6) is 5.75 Å². The molecule has 96 valence electrons. The highest BCUT2D eigenvalue weighted by molar-refractivity contribution is 7.93. The summed E-state index contributed by atoms with van der Waals surface area (Å²) in [6, 6.07) is 6.00. The fourth-order valence-corrected chi connectivity index (χ4v) is 3.06. The molecule has 17 heavy (non-hydrogen) atoms. The van der Waals surface area contributed by atoms with E-state index in [9.17, 15) is 8.42 Å². The number of anilines is 1. The third-order valence-corrected chi connectivity index (χ3v) is 5.08. The highest BCUT2D eigenvalue weighted by Gasteiger charge is 2.27. The lowest BCUT2D eigenvalue weighted by Crippen LogP contribution is -2.39. The van der Waals surface area contributed by atoms with Crippen LogP contribution in [0.25, 0.3) is 0 Å². The first-order valence-corrected chi connectivity index (χ1v) is 6.90. The molecular formula is C11H18N2O3S. The molecule has 6 heteroatoms. The van der Waals surface area contributed by atoms with E-state index in [1.165, 1.54) is 23.5 Å². The van der Waals surface area contributed by atoms with Gasteiger partial charge in [0, 0.05) is 13.6 Å². The number of rotatable bonds is 5. The van der Waals surface area contributed by atoms with Crippen LogP contribution in [0.3, 0.4) is 0 Å². The first-order valence-electron chi connectivity index (χ1n) is 5.40. The normalized spacial score (nSPS) is 13.4.